The normalized spacial score (nSPS) is 11.7. The van der Waals surface area contributed by atoms with Gasteiger partial charge in [-0.1, -0.05) is 0 Å². The predicted molar refractivity (Wildman–Crippen MR) is 67.8 cm³/mol. The lowest BCUT2D eigenvalue weighted by molar-refractivity contribution is 0.726. The van der Waals surface area contributed by atoms with Gasteiger partial charge in [-0.15, -0.1) is 35.0 Å². The van der Waals surface area contributed by atoms with Crippen LogP contribution in [0, 0.1) is 0 Å². The van der Waals surface area contributed by atoms with Gasteiger partial charge in [0.1, 0.15) is 0 Å². The third-order valence-corrected chi connectivity index (χ3v) is 2.27. The van der Waals surface area contributed by atoms with E-state index in [9.17, 15) is 0 Å². The molecule has 0 saturated carbocycles. The first-order valence-corrected chi connectivity index (χ1v) is 4.73. The second-order valence-corrected chi connectivity index (χ2v) is 3.84. The zero-order valence-electron chi connectivity index (χ0n) is 7.92. The van der Waals surface area contributed by atoms with Crippen molar-refractivity contribution < 1.29 is 0 Å². The maximum absolute atomic E-state index is 5.74. The van der Waals surface area contributed by atoms with Gasteiger partial charge in [0, 0.05) is 10.7 Å². The van der Waals surface area contributed by atoms with Crippen LogP contribution >= 0.6 is 40.7 Å². The van der Waals surface area contributed by atoms with Crippen molar-refractivity contribution in [3.8, 4) is 0 Å². The van der Waals surface area contributed by atoms with E-state index in [2.05, 4.69) is 26.1 Å². The molecule has 1 atom stereocenters. The number of halogens is 3. The lowest BCUT2D eigenvalue weighted by Crippen LogP contribution is -2.09. The number of fused-ring (bicyclic) bond motifs is 1. The number of rotatable bonds is 1. The lowest BCUT2D eigenvalue weighted by Gasteiger charge is -2.02. The number of hydrogen-bond donors (Lipinski definition) is 1. The Bertz CT molecular complexity index is 443. The quantitative estimate of drug-likeness (QED) is 0.879. The molecule has 2 heterocycles. The zero-order valence-corrected chi connectivity index (χ0v) is 11.1. The Balaban J connectivity index is 0.000000980. The molecular formula is C8H11BrCl2N4. The van der Waals surface area contributed by atoms with Gasteiger partial charge in [-0.2, -0.15) is 0 Å². The third-order valence-electron chi connectivity index (χ3n) is 1.80. The van der Waals surface area contributed by atoms with E-state index in [1.54, 1.807) is 0 Å². The fourth-order valence-corrected chi connectivity index (χ4v) is 1.53. The average Bonchev–Trinajstić information content (AvgIpc) is 2.46. The van der Waals surface area contributed by atoms with Crippen LogP contribution in [0.5, 0.6) is 0 Å². The van der Waals surface area contributed by atoms with Gasteiger partial charge in [0.15, 0.2) is 11.5 Å². The molecule has 0 spiro atoms. The van der Waals surface area contributed by atoms with Crippen LogP contribution < -0.4 is 5.73 Å². The average molecular weight is 314 g/mol. The first kappa shape index (κ1) is 14.6. The van der Waals surface area contributed by atoms with Crippen LogP contribution in [0.25, 0.3) is 5.65 Å². The number of hydrogen-bond acceptors (Lipinski definition) is 3. The first-order chi connectivity index (χ1) is 6.18. The molecule has 2 rings (SSSR count). The van der Waals surface area contributed by atoms with E-state index in [0.29, 0.717) is 0 Å². The van der Waals surface area contributed by atoms with Gasteiger partial charge in [0.05, 0.1) is 6.04 Å². The second-order valence-electron chi connectivity index (χ2n) is 2.92. The standard InChI is InChI=1S/C8H9BrN4.2ClH/c1-5(10)8-12-11-7-3-2-6(9)4-13(7)8;;/h2-5H,10H2,1H3;2*1H. The minimum Gasteiger partial charge on any atom is -0.322 e. The molecule has 2 aromatic heterocycles. The molecule has 2 N–H and O–H groups in total. The highest BCUT2D eigenvalue weighted by molar-refractivity contribution is 9.10. The molecule has 0 aromatic carbocycles. The highest BCUT2D eigenvalue weighted by Crippen LogP contribution is 2.14. The van der Waals surface area contributed by atoms with Crippen LogP contribution in [0.4, 0.5) is 0 Å². The van der Waals surface area contributed by atoms with Crippen molar-refractivity contribution in [2.75, 3.05) is 0 Å². The molecule has 0 bridgehead atoms. The topological polar surface area (TPSA) is 56.2 Å². The summed E-state index contributed by atoms with van der Waals surface area (Å²) in [5.41, 5.74) is 6.55. The molecule has 0 aliphatic rings. The highest BCUT2D eigenvalue weighted by Gasteiger charge is 2.08. The molecule has 0 radical (unpaired) electrons. The summed E-state index contributed by atoms with van der Waals surface area (Å²) in [5.74, 6) is 0.774. The van der Waals surface area contributed by atoms with E-state index in [1.807, 2.05) is 29.7 Å². The van der Waals surface area contributed by atoms with Crippen LogP contribution in [0.2, 0.25) is 0 Å². The van der Waals surface area contributed by atoms with Crippen molar-refractivity contribution in [3.63, 3.8) is 0 Å². The van der Waals surface area contributed by atoms with E-state index < -0.39 is 0 Å². The van der Waals surface area contributed by atoms with Crippen molar-refractivity contribution >= 4 is 46.4 Å². The number of nitrogens with zero attached hydrogens (tertiary/aromatic N) is 3. The molecule has 0 fully saturated rings. The van der Waals surface area contributed by atoms with Crippen molar-refractivity contribution in [1.82, 2.24) is 14.6 Å². The SMILES string of the molecule is CC(N)c1nnc2ccc(Br)cn12.Cl.Cl. The molecule has 7 heteroatoms. The van der Waals surface area contributed by atoms with Gasteiger partial charge >= 0.3 is 0 Å². The molecule has 84 valence electrons. The van der Waals surface area contributed by atoms with Crippen LogP contribution in [0.1, 0.15) is 18.8 Å². The Morgan fingerprint density at radius 3 is 2.60 bits per heavy atom. The Hall–Kier alpha value is -0.360. The summed E-state index contributed by atoms with van der Waals surface area (Å²) in [6.45, 7) is 1.89. The van der Waals surface area contributed by atoms with E-state index in [0.717, 1.165) is 15.9 Å². The van der Waals surface area contributed by atoms with Gasteiger partial charge in [-0.25, -0.2) is 0 Å². The van der Waals surface area contributed by atoms with Crippen molar-refractivity contribution in [1.29, 1.82) is 0 Å². The molecule has 0 aliphatic heterocycles. The van der Waals surface area contributed by atoms with Crippen LogP contribution in [-0.2, 0) is 0 Å². The summed E-state index contributed by atoms with van der Waals surface area (Å²) in [7, 11) is 0. The number of nitrogens with two attached hydrogens (primary N) is 1. The summed E-state index contributed by atoms with van der Waals surface area (Å²) in [5, 5.41) is 8.00. The van der Waals surface area contributed by atoms with Crippen molar-refractivity contribution in [2.24, 2.45) is 5.73 Å². The van der Waals surface area contributed by atoms with Crippen molar-refractivity contribution in [2.45, 2.75) is 13.0 Å². The van der Waals surface area contributed by atoms with E-state index in [-0.39, 0.29) is 30.9 Å². The van der Waals surface area contributed by atoms with Crippen LogP contribution in [-0.4, -0.2) is 14.6 Å². The van der Waals surface area contributed by atoms with Gasteiger partial charge < -0.3 is 5.73 Å². The smallest absolute Gasteiger partial charge is 0.160 e. The minimum absolute atomic E-state index is 0. The van der Waals surface area contributed by atoms with E-state index in [1.165, 1.54) is 0 Å². The van der Waals surface area contributed by atoms with E-state index >= 15 is 0 Å². The van der Waals surface area contributed by atoms with Gasteiger partial charge in [-0.3, -0.25) is 4.40 Å². The zero-order chi connectivity index (χ0) is 9.42. The maximum Gasteiger partial charge on any atom is 0.160 e. The summed E-state index contributed by atoms with van der Waals surface area (Å²) < 4.78 is 2.87. The Labute approximate surface area is 108 Å². The fraction of sp³-hybridized carbons (Fsp3) is 0.250. The Morgan fingerprint density at radius 2 is 2.00 bits per heavy atom. The summed E-state index contributed by atoms with van der Waals surface area (Å²) in [4.78, 5) is 0. The fourth-order valence-electron chi connectivity index (χ4n) is 1.19. The number of pyridine rings is 1. The molecule has 4 nitrogen and oxygen atoms in total. The number of aromatic nitrogens is 3. The molecule has 15 heavy (non-hydrogen) atoms. The molecule has 0 aliphatic carbocycles. The summed E-state index contributed by atoms with van der Waals surface area (Å²) in [6, 6.07) is 3.71. The Kier molecular flexibility index (Phi) is 5.51. The first-order valence-electron chi connectivity index (χ1n) is 3.94. The van der Waals surface area contributed by atoms with Crippen LogP contribution in [0.3, 0.4) is 0 Å². The summed E-state index contributed by atoms with van der Waals surface area (Å²) >= 11 is 3.38. The third kappa shape index (κ3) is 2.81. The summed E-state index contributed by atoms with van der Waals surface area (Å²) in [6.07, 6.45) is 1.91. The Morgan fingerprint density at radius 1 is 1.33 bits per heavy atom. The monoisotopic (exact) mass is 312 g/mol. The lowest BCUT2D eigenvalue weighted by atomic mass is 10.3. The van der Waals surface area contributed by atoms with Gasteiger partial charge in [0.2, 0.25) is 0 Å². The molecule has 0 amide bonds. The molecule has 2 aromatic rings. The van der Waals surface area contributed by atoms with Crippen molar-refractivity contribution in [3.05, 3.63) is 28.6 Å². The van der Waals surface area contributed by atoms with Gasteiger partial charge in [-0.05, 0) is 35.0 Å². The maximum atomic E-state index is 5.74. The molecule has 1 unspecified atom stereocenters. The van der Waals surface area contributed by atoms with E-state index in [4.69, 9.17) is 5.73 Å². The molecular weight excluding hydrogens is 303 g/mol. The minimum atomic E-state index is -0.107. The highest BCUT2D eigenvalue weighted by atomic mass is 79.9. The van der Waals surface area contributed by atoms with Gasteiger partial charge in [0.25, 0.3) is 0 Å². The second kappa shape index (κ2) is 5.65. The molecule has 0 saturated heterocycles. The largest absolute Gasteiger partial charge is 0.322 e. The van der Waals surface area contributed by atoms with Crippen LogP contribution in [0.15, 0.2) is 22.8 Å². The predicted octanol–water partition coefficient (Wildman–Crippen LogP) is 2.36.